The molecule has 0 unspecified atom stereocenters. The Morgan fingerprint density at radius 1 is 1.07 bits per heavy atom. The Morgan fingerprint density at radius 3 is 2.44 bits per heavy atom. The molecule has 0 aliphatic carbocycles. The third-order valence-corrected chi connectivity index (χ3v) is 4.43. The van der Waals surface area contributed by atoms with Crippen LogP contribution in [0.25, 0.3) is 0 Å². The lowest BCUT2D eigenvalue weighted by atomic mass is 10.1. The highest BCUT2D eigenvalue weighted by molar-refractivity contribution is 6.30. The first kappa shape index (κ1) is 20.7. The van der Waals surface area contributed by atoms with Gasteiger partial charge >= 0.3 is 0 Å². The van der Waals surface area contributed by atoms with E-state index >= 15 is 0 Å². The van der Waals surface area contributed by atoms with E-state index in [0.29, 0.717) is 43.1 Å². The zero-order valence-electron chi connectivity index (χ0n) is 15.4. The Bertz CT molecular complexity index is 745. The molecule has 0 aromatic heterocycles. The molecule has 0 spiro atoms. The van der Waals surface area contributed by atoms with Crippen molar-refractivity contribution >= 4 is 23.4 Å². The standard InChI is InChI=1S/C22H25ClN2O2/c1-2-16-25(17-14-18-7-4-3-5-8-18)21(26)9-6-15-24-22(27)19-10-12-20(23)13-11-19/h2-5,7-8,10-13H,1,6,9,14-17H2,(H,24,27). The molecule has 2 aromatic carbocycles. The van der Waals surface area contributed by atoms with Crippen LogP contribution >= 0.6 is 11.6 Å². The summed E-state index contributed by atoms with van der Waals surface area (Å²) in [5.41, 5.74) is 1.76. The number of benzene rings is 2. The summed E-state index contributed by atoms with van der Waals surface area (Å²) in [5.74, 6) is -0.0855. The number of carbonyl (C=O) groups excluding carboxylic acids is 2. The number of halogens is 1. The summed E-state index contributed by atoms with van der Waals surface area (Å²) in [4.78, 5) is 26.3. The van der Waals surface area contributed by atoms with Gasteiger partial charge in [-0.2, -0.15) is 0 Å². The number of amides is 2. The number of rotatable bonds is 10. The molecule has 0 atom stereocenters. The monoisotopic (exact) mass is 384 g/mol. The van der Waals surface area contributed by atoms with E-state index in [4.69, 9.17) is 11.6 Å². The van der Waals surface area contributed by atoms with Crippen molar-refractivity contribution in [3.8, 4) is 0 Å². The fourth-order valence-corrected chi connectivity index (χ4v) is 2.81. The van der Waals surface area contributed by atoms with Crippen LogP contribution in [0.4, 0.5) is 0 Å². The van der Waals surface area contributed by atoms with Gasteiger partial charge in [0.1, 0.15) is 0 Å². The van der Waals surface area contributed by atoms with E-state index in [1.807, 2.05) is 18.2 Å². The Morgan fingerprint density at radius 2 is 1.78 bits per heavy atom. The largest absolute Gasteiger partial charge is 0.352 e. The predicted molar refractivity (Wildman–Crippen MR) is 110 cm³/mol. The fraction of sp³-hybridized carbons (Fsp3) is 0.273. The van der Waals surface area contributed by atoms with Gasteiger partial charge in [-0.1, -0.05) is 48.0 Å². The maximum Gasteiger partial charge on any atom is 0.251 e. The lowest BCUT2D eigenvalue weighted by Crippen LogP contribution is -2.33. The molecule has 0 heterocycles. The summed E-state index contributed by atoms with van der Waals surface area (Å²) in [7, 11) is 0. The van der Waals surface area contributed by atoms with Crippen LogP contribution in [0.5, 0.6) is 0 Å². The second kappa shape index (κ2) is 11.2. The molecule has 0 bridgehead atoms. The van der Waals surface area contributed by atoms with Gasteiger partial charge in [0.05, 0.1) is 0 Å². The van der Waals surface area contributed by atoms with E-state index < -0.39 is 0 Å². The minimum Gasteiger partial charge on any atom is -0.352 e. The van der Waals surface area contributed by atoms with Crippen molar-refractivity contribution < 1.29 is 9.59 Å². The average molecular weight is 385 g/mol. The van der Waals surface area contributed by atoms with Gasteiger partial charge in [-0.25, -0.2) is 0 Å². The molecule has 0 aliphatic heterocycles. The molecule has 4 nitrogen and oxygen atoms in total. The van der Waals surface area contributed by atoms with Crippen LogP contribution in [0.1, 0.15) is 28.8 Å². The molecule has 5 heteroatoms. The summed E-state index contributed by atoms with van der Waals surface area (Å²) in [6, 6.07) is 16.8. The third-order valence-electron chi connectivity index (χ3n) is 4.17. The van der Waals surface area contributed by atoms with Crippen molar-refractivity contribution in [2.24, 2.45) is 0 Å². The highest BCUT2D eigenvalue weighted by Crippen LogP contribution is 2.09. The Hall–Kier alpha value is -2.59. The van der Waals surface area contributed by atoms with Gasteiger partial charge < -0.3 is 10.2 Å². The van der Waals surface area contributed by atoms with Crippen LogP contribution in [-0.4, -0.2) is 36.3 Å². The minimum absolute atomic E-state index is 0.0755. The van der Waals surface area contributed by atoms with E-state index in [2.05, 4.69) is 24.0 Å². The van der Waals surface area contributed by atoms with Crippen molar-refractivity contribution in [3.63, 3.8) is 0 Å². The number of hydrogen-bond donors (Lipinski definition) is 1. The quantitative estimate of drug-likeness (QED) is 0.495. The first-order chi connectivity index (χ1) is 13.1. The molecule has 2 aromatic rings. The van der Waals surface area contributed by atoms with Crippen molar-refractivity contribution in [3.05, 3.63) is 83.4 Å². The maximum atomic E-state index is 12.5. The summed E-state index contributed by atoms with van der Waals surface area (Å²) in [6.07, 6.45) is 3.54. The summed E-state index contributed by atoms with van der Waals surface area (Å²) in [6.45, 7) is 5.38. The van der Waals surface area contributed by atoms with E-state index in [1.54, 1.807) is 35.2 Å². The van der Waals surface area contributed by atoms with Crippen molar-refractivity contribution in [1.29, 1.82) is 0 Å². The maximum absolute atomic E-state index is 12.5. The third kappa shape index (κ3) is 7.27. The first-order valence-corrected chi connectivity index (χ1v) is 9.44. The molecular formula is C22H25ClN2O2. The topological polar surface area (TPSA) is 49.4 Å². The van der Waals surface area contributed by atoms with Crippen molar-refractivity contribution in [2.45, 2.75) is 19.3 Å². The molecule has 142 valence electrons. The summed E-state index contributed by atoms with van der Waals surface area (Å²) < 4.78 is 0. The lowest BCUT2D eigenvalue weighted by molar-refractivity contribution is -0.130. The van der Waals surface area contributed by atoms with Crippen molar-refractivity contribution in [1.82, 2.24) is 10.2 Å². The van der Waals surface area contributed by atoms with Crippen LogP contribution in [-0.2, 0) is 11.2 Å². The SMILES string of the molecule is C=CCN(CCc1ccccc1)C(=O)CCCNC(=O)c1ccc(Cl)cc1. The van der Waals surface area contributed by atoms with E-state index in [1.165, 1.54) is 5.56 Å². The average Bonchev–Trinajstić information content (AvgIpc) is 2.69. The molecule has 1 N–H and O–H groups in total. The zero-order valence-corrected chi connectivity index (χ0v) is 16.1. The molecule has 0 saturated heterocycles. The lowest BCUT2D eigenvalue weighted by Gasteiger charge is -2.21. The second-order valence-electron chi connectivity index (χ2n) is 6.23. The highest BCUT2D eigenvalue weighted by atomic mass is 35.5. The Kier molecular flexibility index (Phi) is 8.59. The Balaban J connectivity index is 1.73. The predicted octanol–water partition coefficient (Wildman–Crippen LogP) is 4.11. The molecule has 2 amide bonds. The van der Waals surface area contributed by atoms with E-state index in [9.17, 15) is 9.59 Å². The number of nitrogens with zero attached hydrogens (tertiary/aromatic N) is 1. The fourth-order valence-electron chi connectivity index (χ4n) is 2.69. The molecular weight excluding hydrogens is 360 g/mol. The van der Waals surface area contributed by atoms with Crippen LogP contribution in [0.15, 0.2) is 67.3 Å². The number of carbonyl (C=O) groups is 2. The molecule has 27 heavy (non-hydrogen) atoms. The van der Waals surface area contributed by atoms with E-state index in [0.717, 1.165) is 6.42 Å². The van der Waals surface area contributed by atoms with Gasteiger partial charge in [0.2, 0.25) is 5.91 Å². The second-order valence-corrected chi connectivity index (χ2v) is 6.67. The van der Waals surface area contributed by atoms with Crippen molar-refractivity contribution in [2.75, 3.05) is 19.6 Å². The van der Waals surface area contributed by atoms with Crippen LogP contribution < -0.4 is 5.32 Å². The van der Waals surface area contributed by atoms with Gasteiger partial charge in [0.25, 0.3) is 5.91 Å². The normalized spacial score (nSPS) is 10.3. The van der Waals surface area contributed by atoms with Gasteiger partial charge in [-0.3, -0.25) is 9.59 Å². The summed E-state index contributed by atoms with van der Waals surface area (Å²) >= 11 is 5.82. The van der Waals surface area contributed by atoms with Crippen LogP contribution in [0.3, 0.4) is 0 Å². The van der Waals surface area contributed by atoms with Crippen LogP contribution in [0.2, 0.25) is 5.02 Å². The van der Waals surface area contributed by atoms with Gasteiger partial charge in [0.15, 0.2) is 0 Å². The smallest absolute Gasteiger partial charge is 0.251 e. The summed E-state index contributed by atoms with van der Waals surface area (Å²) in [5, 5.41) is 3.42. The van der Waals surface area contributed by atoms with E-state index in [-0.39, 0.29) is 11.8 Å². The molecule has 0 aliphatic rings. The van der Waals surface area contributed by atoms with Gasteiger partial charge in [-0.05, 0) is 42.7 Å². The molecule has 2 rings (SSSR count). The molecule has 0 fully saturated rings. The highest BCUT2D eigenvalue weighted by Gasteiger charge is 2.12. The van der Waals surface area contributed by atoms with Crippen LogP contribution in [0, 0.1) is 0 Å². The Labute approximate surface area is 165 Å². The number of nitrogens with one attached hydrogen (secondary N) is 1. The van der Waals surface area contributed by atoms with Gasteiger partial charge in [-0.15, -0.1) is 6.58 Å². The number of hydrogen-bond acceptors (Lipinski definition) is 2. The minimum atomic E-state index is -0.161. The van der Waals surface area contributed by atoms with Gasteiger partial charge in [0, 0.05) is 36.6 Å². The first-order valence-electron chi connectivity index (χ1n) is 9.06. The molecule has 0 radical (unpaired) electrons. The molecule has 0 saturated carbocycles. The zero-order chi connectivity index (χ0) is 19.5.